The van der Waals surface area contributed by atoms with E-state index >= 15 is 0 Å². The fraction of sp³-hybridized carbons (Fsp3) is 0.727. The van der Waals surface area contributed by atoms with Gasteiger partial charge in [-0.2, -0.15) is 0 Å². The average Bonchev–Trinajstić information content (AvgIpc) is 2.79. The van der Waals surface area contributed by atoms with Crippen LogP contribution in [0.2, 0.25) is 0 Å². The van der Waals surface area contributed by atoms with Crippen molar-refractivity contribution in [3.8, 4) is 0 Å². The second-order valence-corrected chi connectivity index (χ2v) is 5.08. The quantitative estimate of drug-likeness (QED) is 0.825. The zero-order valence-corrected chi connectivity index (χ0v) is 9.52. The van der Waals surface area contributed by atoms with Crippen LogP contribution in [0.4, 0.5) is 0 Å². The Morgan fingerprint density at radius 1 is 1.57 bits per heavy atom. The van der Waals surface area contributed by atoms with E-state index in [2.05, 4.69) is 17.2 Å². The normalized spacial score (nSPS) is 26.9. The van der Waals surface area contributed by atoms with Crippen LogP contribution >= 0.6 is 11.3 Å². The molecule has 0 amide bonds. The third-order valence-electron chi connectivity index (χ3n) is 3.01. The molecule has 0 aliphatic heterocycles. The molecule has 3 heteroatoms. The van der Waals surface area contributed by atoms with Crippen LogP contribution in [0.3, 0.4) is 0 Å². The summed E-state index contributed by atoms with van der Waals surface area (Å²) in [6, 6.07) is 0.776. The summed E-state index contributed by atoms with van der Waals surface area (Å²) in [5.74, 6) is 0.888. The third-order valence-corrected chi connectivity index (χ3v) is 3.81. The molecule has 0 bridgehead atoms. The number of thiazole rings is 1. The summed E-state index contributed by atoms with van der Waals surface area (Å²) in [5, 5.41) is 3.54. The first-order valence-corrected chi connectivity index (χ1v) is 6.37. The molecule has 2 nitrogen and oxygen atoms in total. The van der Waals surface area contributed by atoms with E-state index in [1.165, 1.54) is 30.6 Å². The summed E-state index contributed by atoms with van der Waals surface area (Å²) in [6.45, 7) is 3.30. The monoisotopic (exact) mass is 210 g/mol. The van der Waals surface area contributed by atoms with Gasteiger partial charge < -0.3 is 5.32 Å². The van der Waals surface area contributed by atoms with Gasteiger partial charge in [-0.1, -0.05) is 6.92 Å². The molecule has 1 aliphatic carbocycles. The lowest BCUT2D eigenvalue weighted by molar-refractivity contribution is 0.495. The van der Waals surface area contributed by atoms with E-state index in [0.29, 0.717) is 0 Å². The topological polar surface area (TPSA) is 24.9 Å². The summed E-state index contributed by atoms with van der Waals surface area (Å²) in [7, 11) is 0. The Labute approximate surface area is 89.8 Å². The van der Waals surface area contributed by atoms with E-state index in [9.17, 15) is 0 Å². The van der Waals surface area contributed by atoms with Crippen LogP contribution in [-0.4, -0.2) is 17.6 Å². The highest BCUT2D eigenvalue weighted by atomic mass is 32.1. The molecule has 0 aromatic carbocycles. The second kappa shape index (κ2) is 4.89. The van der Waals surface area contributed by atoms with Crippen molar-refractivity contribution in [2.75, 3.05) is 6.54 Å². The van der Waals surface area contributed by atoms with E-state index in [0.717, 1.165) is 18.5 Å². The molecular formula is C11H18N2S. The highest BCUT2D eigenvalue weighted by molar-refractivity contribution is 7.09. The number of nitrogens with zero attached hydrogens (tertiary/aromatic N) is 1. The molecule has 2 atom stereocenters. The molecule has 1 N–H and O–H groups in total. The average molecular weight is 210 g/mol. The number of hydrogen-bond acceptors (Lipinski definition) is 3. The molecule has 0 spiro atoms. The van der Waals surface area contributed by atoms with Crippen molar-refractivity contribution in [2.45, 2.75) is 38.6 Å². The summed E-state index contributed by atoms with van der Waals surface area (Å²) in [4.78, 5) is 5.57. The van der Waals surface area contributed by atoms with Crippen LogP contribution < -0.4 is 5.32 Å². The maximum atomic E-state index is 4.12. The lowest BCUT2D eigenvalue weighted by atomic mass is 10.0. The van der Waals surface area contributed by atoms with Crippen LogP contribution in [0, 0.1) is 5.92 Å². The highest BCUT2D eigenvalue weighted by Crippen LogP contribution is 2.29. The van der Waals surface area contributed by atoms with Gasteiger partial charge in [-0.05, 0) is 38.1 Å². The van der Waals surface area contributed by atoms with Crippen LogP contribution in [0.25, 0.3) is 0 Å². The van der Waals surface area contributed by atoms with Gasteiger partial charge in [-0.3, -0.25) is 4.98 Å². The molecule has 1 heterocycles. The van der Waals surface area contributed by atoms with Gasteiger partial charge in [0.25, 0.3) is 0 Å². The van der Waals surface area contributed by atoms with Crippen molar-refractivity contribution < 1.29 is 0 Å². The fourth-order valence-corrected chi connectivity index (χ4v) is 3.07. The minimum absolute atomic E-state index is 0.776. The Kier molecular flexibility index (Phi) is 3.54. The van der Waals surface area contributed by atoms with Crippen LogP contribution in [0.5, 0.6) is 0 Å². The predicted octanol–water partition coefficient (Wildman–Crippen LogP) is 2.46. The largest absolute Gasteiger partial charge is 0.314 e. The molecule has 2 unspecified atom stereocenters. The van der Waals surface area contributed by atoms with Crippen molar-refractivity contribution >= 4 is 11.3 Å². The van der Waals surface area contributed by atoms with Gasteiger partial charge in [-0.25, -0.2) is 0 Å². The Hall–Kier alpha value is -0.410. The van der Waals surface area contributed by atoms with Crippen molar-refractivity contribution in [1.29, 1.82) is 0 Å². The lowest BCUT2D eigenvalue weighted by Gasteiger charge is -2.10. The van der Waals surface area contributed by atoms with Crippen molar-refractivity contribution in [2.24, 2.45) is 5.92 Å². The fourth-order valence-electron chi connectivity index (χ4n) is 2.36. The van der Waals surface area contributed by atoms with E-state index in [-0.39, 0.29) is 0 Å². The molecule has 14 heavy (non-hydrogen) atoms. The van der Waals surface area contributed by atoms with Crippen LogP contribution in [-0.2, 0) is 6.42 Å². The molecule has 1 saturated carbocycles. The molecule has 0 radical (unpaired) electrons. The van der Waals surface area contributed by atoms with Gasteiger partial charge in [0.2, 0.25) is 0 Å². The molecular weight excluding hydrogens is 192 g/mol. The van der Waals surface area contributed by atoms with Crippen molar-refractivity contribution in [3.05, 3.63) is 16.6 Å². The second-order valence-electron chi connectivity index (χ2n) is 4.11. The predicted molar refractivity (Wildman–Crippen MR) is 60.6 cm³/mol. The van der Waals surface area contributed by atoms with Gasteiger partial charge in [0.1, 0.15) is 0 Å². The van der Waals surface area contributed by atoms with E-state index in [1.807, 2.05) is 11.7 Å². The molecule has 1 aliphatic rings. The molecule has 0 saturated heterocycles. The van der Waals surface area contributed by atoms with Crippen molar-refractivity contribution in [3.63, 3.8) is 0 Å². The maximum Gasteiger partial charge on any atom is 0.0794 e. The highest BCUT2D eigenvalue weighted by Gasteiger charge is 2.24. The molecule has 1 aromatic rings. The first-order valence-electron chi connectivity index (χ1n) is 5.49. The zero-order chi connectivity index (χ0) is 9.80. The van der Waals surface area contributed by atoms with Gasteiger partial charge in [-0.15, -0.1) is 11.3 Å². The summed E-state index contributed by atoms with van der Waals surface area (Å²) >= 11 is 1.79. The molecule has 1 fully saturated rings. The summed E-state index contributed by atoms with van der Waals surface area (Å²) in [6.07, 6.45) is 7.36. The van der Waals surface area contributed by atoms with Gasteiger partial charge >= 0.3 is 0 Å². The first-order chi connectivity index (χ1) is 6.88. The minimum Gasteiger partial charge on any atom is -0.314 e. The summed E-state index contributed by atoms with van der Waals surface area (Å²) in [5.41, 5.74) is 1.94. The van der Waals surface area contributed by atoms with E-state index < -0.39 is 0 Å². The van der Waals surface area contributed by atoms with Crippen molar-refractivity contribution in [1.82, 2.24) is 10.3 Å². The van der Waals surface area contributed by atoms with E-state index in [4.69, 9.17) is 0 Å². The molecule has 2 rings (SSSR count). The van der Waals surface area contributed by atoms with Gasteiger partial charge in [0.05, 0.1) is 5.51 Å². The molecule has 78 valence electrons. The lowest BCUT2D eigenvalue weighted by Crippen LogP contribution is -2.25. The minimum atomic E-state index is 0.776. The Morgan fingerprint density at radius 3 is 3.21 bits per heavy atom. The SMILES string of the molecule is CCNC1CCC(Cc2cncs2)C1. The number of rotatable bonds is 4. The standard InChI is InChI=1S/C11H18N2S/c1-2-13-10-4-3-9(5-10)6-11-7-12-8-14-11/h7-10,13H,2-6H2,1H3. The van der Waals surface area contributed by atoms with Gasteiger partial charge in [0, 0.05) is 17.1 Å². The Morgan fingerprint density at radius 2 is 2.50 bits per heavy atom. The molecule has 1 aromatic heterocycles. The zero-order valence-electron chi connectivity index (χ0n) is 8.70. The third kappa shape index (κ3) is 2.55. The number of aromatic nitrogens is 1. The van der Waals surface area contributed by atoms with Crippen LogP contribution in [0.15, 0.2) is 11.7 Å². The smallest absolute Gasteiger partial charge is 0.0794 e. The van der Waals surface area contributed by atoms with Crippen LogP contribution in [0.1, 0.15) is 31.1 Å². The number of nitrogens with one attached hydrogen (secondary N) is 1. The van der Waals surface area contributed by atoms with E-state index in [1.54, 1.807) is 11.3 Å². The summed E-state index contributed by atoms with van der Waals surface area (Å²) < 4.78 is 0. The van der Waals surface area contributed by atoms with Gasteiger partial charge in [0.15, 0.2) is 0 Å². The number of hydrogen-bond donors (Lipinski definition) is 1. The Balaban J connectivity index is 1.79. The first kappa shape index (κ1) is 10.1. The Bertz CT molecular complexity index is 258. The maximum absolute atomic E-state index is 4.12.